The van der Waals surface area contributed by atoms with Gasteiger partial charge >= 0.3 is 0 Å². The molecule has 2 aromatic carbocycles. The zero-order chi connectivity index (χ0) is 22.0. The third kappa shape index (κ3) is 4.28. The molecule has 156 valence electrons. The van der Waals surface area contributed by atoms with Crippen LogP contribution < -0.4 is 5.06 Å². The third-order valence-electron chi connectivity index (χ3n) is 4.66. The lowest BCUT2D eigenvalue weighted by Crippen LogP contribution is -2.28. The van der Waals surface area contributed by atoms with E-state index in [1.807, 2.05) is 0 Å². The second-order valence-corrected chi connectivity index (χ2v) is 7.02. The predicted octanol–water partition coefficient (Wildman–Crippen LogP) is 4.49. The number of hydrogen-bond donors (Lipinski definition) is 1. The molecular weight excluding hydrogens is 395 g/mol. The number of hydroxylamine groups is 1. The molecule has 1 N–H and O–H groups in total. The van der Waals surface area contributed by atoms with Crippen molar-refractivity contribution in [2.75, 3.05) is 19.2 Å². The molecule has 0 fully saturated rings. The van der Waals surface area contributed by atoms with Gasteiger partial charge in [0.05, 0.1) is 5.69 Å². The van der Waals surface area contributed by atoms with Gasteiger partial charge in [0.1, 0.15) is 29.2 Å². The van der Waals surface area contributed by atoms with Gasteiger partial charge in [0, 0.05) is 31.4 Å². The van der Waals surface area contributed by atoms with Gasteiger partial charge in [-0.2, -0.15) is 0 Å². The quantitative estimate of drug-likeness (QED) is 0.624. The van der Waals surface area contributed by atoms with Crippen molar-refractivity contribution < 1.29 is 23.2 Å². The van der Waals surface area contributed by atoms with Gasteiger partial charge in [-0.3, -0.25) is 15.0 Å². The van der Waals surface area contributed by atoms with Gasteiger partial charge in [-0.15, -0.1) is 0 Å². The van der Waals surface area contributed by atoms with E-state index in [1.165, 1.54) is 29.3 Å². The smallest absolute Gasteiger partial charge is 0.271 e. The molecule has 5 nitrogen and oxygen atoms in total. The number of pyridine rings is 1. The maximum absolute atomic E-state index is 14.6. The van der Waals surface area contributed by atoms with Gasteiger partial charge in [0.15, 0.2) is 0 Å². The number of benzene rings is 2. The molecule has 8 heteroatoms. The SMILES string of the molecule is Cc1cc(C(=O)N(C)C)ncc1C(c1cc(F)ccc1F)N(O)c1ccc(F)cc1. The molecule has 3 rings (SSSR count). The van der Waals surface area contributed by atoms with Crippen molar-refractivity contribution in [2.24, 2.45) is 0 Å². The first-order valence-corrected chi connectivity index (χ1v) is 9.06. The molecular formula is C22H20F3N3O2. The first-order valence-electron chi connectivity index (χ1n) is 9.06. The normalized spacial score (nSPS) is 11.8. The fraction of sp³-hybridized carbons (Fsp3) is 0.182. The van der Waals surface area contributed by atoms with Crippen LogP contribution in [0.2, 0.25) is 0 Å². The minimum Gasteiger partial charge on any atom is -0.343 e. The number of aryl methyl sites for hydroxylation is 1. The Labute approximate surface area is 172 Å². The van der Waals surface area contributed by atoms with Crippen LogP contribution in [0.25, 0.3) is 0 Å². The van der Waals surface area contributed by atoms with Crippen LogP contribution in [-0.2, 0) is 0 Å². The number of halogens is 3. The number of aromatic nitrogens is 1. The lowest BCUT2D eigenvalue weighted by molar-refractivity contribution is 0.0822. The summed E-state index contributed by atoms with van der Waals surface area (Å²) in [6.45, 7) is 1.67. The minimum atomic E-state index is -1.19. The van der Waals surface area contributed by atoms with Gasteiger partial charge < -0.3 is 4.90 Å². The van der Waals surface area contributed by atoms with E-state index in [4.69, 9.17) is 0 Å². The Kier molecular flexibility index (Phi) is 6.07. The molecule has 0 aliphatic heterocycles. The molecule has 3 aromatic rings. The number of anilines is 1. The zero-order valence-corrected chi connectivity index (χ0v) is 16.6. The fourth-order valence-electron chi connectivity index (χ4n) is 3.10. The lowest BCUT2D eigenvalue weighted by atomic mass is 9.94. The maximum atomic E-state index is 14.6. The van der Waals surface area contributed by atoms with Crippen molar-refractivity contribution in [3.05, 3.63) is 94.6 Å². The van der Waals surface area contributed by atoms with E-state index in [2.05, 4.69) is 4.98 Å². The van der Waals surface area contributed by atoms with Gasteiger partial charge in [-0.25, -0.2) is 18.2 Å². The number of amides is 1. The summed E-state index contributed by atoms with van der Waals surface area (Å²) in [4.78, 5) is 17.7. The first kappa shape index (κ1) is 21.3. The highest BCUT2D eigenvalue weighted by molar-refractivity contribution is 5.92. The average molecular weight is 415 g/mol. The second-order valence-electron chi connectivity index (χ2n) is 7.02. The van der Waals surface area contributed by atoms with E-state index < -0.39 is 23.5 Å². The number of rotatable bonds is 5. The van der Waals surface area contributed by atoms with Crippen molar-refractivity contribution in [1.82, 2.24) is 9.88 Å². The monoisotopic (exact) mass is 415 g/mol. The van der Waals surface area contributed by atoms with Crippen molar-refractivity contribution in [2.45, 2.75) is 13.0 Å². The summed E-state index contributed by atoms with van der Waals surface area (Å²) >= 11 is 0. The van der Waals surface area contributed by atoms with Crippen LogP contribution in [0.15, 0.2) is 54.7 Å². The van der Waals surface area contributed by atoms with Crippen molar-refractivity contribution in [3.63, 3.8) is 0 Å². The largest absolute Gasteiger partial charge is 0.343 e. The molecule has 0 aliphatic rings. The Morgan fingerprint density at radius 1 is 0.967 bits per heavy atom. The number of nitrogens with zero attached hydrogens (tertiary/aromatic N) is 3. The van der Waals surface area contributed by atoms with Crippen LogP contribution in [0, 0.1) is 24.4 Å². The number of hydrogen-bond acceptors (Lipinski definition) is 4. The molecule has 1 aromatic heterocycles. The van der Waals surface area contributed by atoms with Gasteiger partial charge in [-0.05, 0) is 61.0 Å². The summed E-state index contributed by atoms with van der Waals surface area (Å²) in [6, 6.07) is 8.14. The summed E-state index contributed by atoms with van der Waals surface area (Å²) < 4.78 is 41.9. The predicted molar refractivity (Wildman–Crippen MR) is 106 cm³/mol. The molecule has 0 bridgehead atoms. The summed E-state index contributed by atoms with van der Waals surface area (Å²) in [5.41, 5.74) is 1.08. The zero-order valence-electron chi connectivity index (χ0n) is 16.6. The van der Waals surface area contributed by atoms with Gasteiger partial charge in [0.2, 0.25) is 0 Å². The second kappa shape index (κ2) is 8.54. The first-order chi connectivity index (χ1) is 14.2. The Balaban J connectivity index is 2.16. The van der Waals surface area contributed by atoms with Crippen LogP contribution in [0.4, 0.5) is 18.9 Å². The highest BCUT2D eigenvalue weighted by atomic mass is 19.1. The van der Waals surface area contributed by atoms with Gasteiger partial charge in [0.25, 0.3) is 5.91 Å². The van der Waals surface area contributed by atoms with Crippen LogP contribution >= 0.6 is 0 Å². The van der Waals surface area contributed by atoms with Crippen molar-refractivity contribution in [3.8, 4) is 0 Å². The minimum absolute atomic E-state index is 0.140. The summed E-state index contributed by atoms with van der Waals surface area (Å²) in [5, 5.41) is 11.6. The van der Waals surface area contributed by atoms with Crippen LogP contribution in [0.3, 0.4) is 0 Å². The summed E-state index contributed by atoms with van der Waals surface area (Å²) in [6.07, 6.45) is 1.34. The van der Waals surface area contributed by atoms with Crippen LogP contribution in [-0.4, -0.2) is 35.1 Å². The molecule has 1 unspecified atom stereocenters. The molecule has 1 heterocycles. The van der Waals surface area contributed by atoms with Gasteiger partial charge in [-0.1, -0.05) is 0 Å². The van der Waals surface area contributed by atoms with Crippen LogP contribution in [0.5, 0.6) is 0 Å². The van der Waals surface area contributed by atoms with Crippen molar-refractivity contribution >= 4 is 11.6 Å². The van der Waals surface area contributed by atoms with E-state index in [1.54, 1.807) is 21.0 Å². The highest BCUT2D eigenvalue weighted by Gasteiger charge is 2.28. The Bertz CT molecular complexity index is 1070. The molecule has 1 atom stereocenters. The third-order valence-corrected chi connectivity index (χ3v) is 4.66. The molecule has 0 saturated heterocycles. The Hall–Kier alpha value is -3.39. The maximum Gasteiger partial charge on any atom is 0.271 e. The Morgan fingerprint density at radius 3 is 2.20 bits per heavy atom. The van der Waals surface area contributed by atoms with Crippen molar-refractivity contribution in [1.29, 1.82) is 0 Å². The van der Waals surface area contributed by atoms with E-state index in [9.17, 15) is 23.2 Å². The average Bonchev–Trinajstić information content (AvgIpc) is 2.71. The number of carbonyl (C=O) groups excluding carboxylic acids is 1. The molecule has 0 spiro atoms. The summed E-state index contributed by atoms with van der Waals surface area (Å²) in [7, 11) is 3.17. The molecule has 0 aliphatic carbocycles. The Morgan fingerprint density at radius 2 is 1.60 bits per heavy atom. The highest BCUT2D eigenvalue weighted by Crippen LogP contribution is 2.35. The standard InChI is InChI=1S/C22H20F3N3O2/c1-13-10-20(22(29)27(2)3)26-12-18(13)21(17-11-15(24)6-9-19(17)25)28(30)16-7-4-14(23)5-8-16/h4-12,21,30H,1-3H3. The fourth-order valence-corrected chi connectivity index (χ4v) is 3.10. The topological polar surface area (TPSA) is 56.7 Å². The number of carbonyl (C=O) groups is 1. The molecule has 0 radical (unpaired) electrons. The van der Waals surface area contributed by atoms with E-state index in [0.29, 0.717) is 11.1 Å². The molecule has 1 amide bonds. The molecule has 0 saturated carbocycles. The summed E-state index contributed by atoms with van der Waals surface area (Å²) in [5.74, 6) is -2.26. The molecule has 30 heavy (non-hydrogen) atoms. The van der Waals surface area contributed by atoms with E-state index >= 15 is 0 Å². The lowest BCUT2D eigenvalue weighted by Gasteiger charge is -2.30. The van der Waals surface area contributed by atoms with E-state index in [0.717, 1.165) is 35.4 Å². The van der Waals surface area contributed by atoms with E-state index in [-0.39, 0.29) is 22.9 Å². The van der Waals surface area contributed by atoms with Crippen LogP contribution in [0.1, 0.15) is 33.2 Å².